The van der Waals surface area contributed by atoms with E-state index in [0.717, 1.165) is 24.8 Å². The summed E-state index contributed by atoms with van der Waals surface area (Å²) in [5.74, 6) is -0.511. The van der Waals surface area contributed by atoms with Crippen LogP contribution in [-0.4, -0.2) is 43.1 Å². The van der Waals surface area contributed by atoms with E-state index in [1.54, 1.807) is 18.1 Å². The Morgan fingerprint density at radius 1 is 1.29 bits per heavy atom. The first-order valence-electron chi connectivity index (χ1n) is 6.97. The van der Waals surface area contributed by atoms with Gasteiger partial charge in [0.1, 0.15) is 5.75 Å². The number of nitrogens with zero attached hydrogens (tertiary/aromatic N) is 2. The molecule has 6 heteroatoms. The molecule has 0 bridgehead atoms. The molecule has 0 aromatic heterocycles. The minimum absolute atomic E-state index is 0.516. The van der Waals surface area contributed by atoms with Crippen LogP contribution in [0.2, 0.25) is 0 Å². The van der Waals surface area contributed by atoms with Crippen molar-refractivity contribution in [2.45, 2.75) is 19.3 Å². The molecule has 6 nitrogen and oxygen atoms in total. The average molecular weight is 289 g/mol. The lowest BCUT2D eigenvalue weighted by Gasteiger charge is -2.25. The third-order valence-electron chi connectivity index (χ3n) is 3.31. The maximum absolute atomic E-state index is 11.9. The zero-order chi connectivity index (χ0) is 15.1. The van der Waals surface area contributed by atoms with Crippen molar-refractivity contribution in [1.82, 2.24) is 10.3 Å². The second-order valence-electron chi connectivity index (χ2n) is 4.83. The van der Waals surface area contributed by atoms with Gasteiger partial charge in [0.2, 0.25) is 0 Å². The number of carbonyl (C=O) groups excluding carboxylic acids is 2. The number of benzene rings is 1. The Hall–Kier alpha value is -2.37. The first-order chi connectivity index (χ1) is 10.2. The van der Waals surface area contributed by atoms with Crippen molar-refractivity contribution in [3.63, 3.8) is 0 Å². The molecule has 1 aliphatic heterocycles. The molecule has 0 spiro atoms. The molecule has 1 saturated heterocycles. The molecule has 1 heterocycles. The van der Waals surface area contributed by atoms with Crippen LogP contribution < -0.4 is 10.2 Å². The highest BCUT2D eigenvalue weighted by atomic mass is 16.5. The summed E-state index contributed by atoms with van der Waals surface area (Å²) in [5.41, 5.74) is 3.04. The third kappa shape index (κ3) is 4.30. The second-order valence-corrected chi connectivity index (χ2v) is 4.83. The van der Waals surface area contributed by atoms with E-state index in [4.69, 9.17) is 4.74 Å². The minimum atomic E-state index is -0.698. The topological polar surface area (TPSA) is 71.0 Å². The Bertz CT molecular complexity index is 537. The predicted octanol–water partition coefficient (Wildman–Crippen LogP) is 1.16. The number of ether oxygens (including phenoxy) is 1. The van der Waals surface area contributed by atoms with Crippen LogP contribution in [0, 0.1) is 0 Å². The van der Waals surface area contributed by atoms with Crippen LogP contribution in [0.5, 0.6) is 5.75 Å². The van der Waals surface area contributed by atoms with Crippen LogP contribution in [0.1, 0.15) is 24.8 Å². The van der Waals surface area contributed by atoms with Crippen molar-refractivity contribution < 1.29 is 14.3 Å². The number of amides is 2. The van der Waals surface area contributed by atoms with E-state index in [-0.39, 0.29) is 0 Å². The van der Waals surface area contributed by atoms with Gasteiger partial charge in [-0.1, -0.05) is 12.1 Å². The molecule has 1 N–H and O–H groups in total. The number of hydrogen-bond acceptors (Lipinski definition) is 4. The fraction of sp³-hybridized carbons (Fsp3) is 0.400. The molecule has 1 aromatic carbocycles. The largest absolute Gasteiger partial charge is 0.497 e. The van der Waals surface area contributed by atoms with Crippen molar-refractivity contribution >= 4 is 18.0 Å². The number of rotatable bonds is 3. The van der Waals surface area contributed by atoms with Gasteiger partial charge < -0.3 is 9.64 Å². The first kappa shape index (κ1) is 15.0. The smallest absolute Gasteiger partial charge is 0.329 e. The summed E-state index contributed by atoms with van der Waals surface area (Å²) >= 11 is 0. The summed E-state index contributed by atoms with van der Waals surface area (Å²) in [5, 5.41) is 3.81. The Morgan fingerprint density at radius 2 is 2.05 bits per heavy atom. The van der Waals surface area contributed by atoms with Gasteiger partial charge in [0, 0.05) is 13.1 Å². The molecule has 0 atom stereocenters. The lowest BCUT2D eigenvalue weighted by molar-refractivity contribution is -0.146. The third-order valence-corrected chi connectivity index (χ3v) is 3.31. The highest BCUT2D eigenvalue weighted by molar-refractivity contribution is 6.35. The van der Waals surface area contributed by atoms with Crippen LogP contribution in [0.4, 0.5) is 0 Å². The molecule has 0 radical (unpaired) electrons. The molecule has 0 unspecified atom stereocenters. The van der Waals surface area contributed by atoms with E-state index in [0.29, 0.717) is 18.8 Å². The van der Waals surface area contributed by atoms with Crippen molar-refractivity contribution in [1.29, 1.82) is 0 Å². The van der Waals surface area contributed by atoms with Crippen LogP contribution >= 0.6 is 0 Å². The monoisotopic (exact) mass is 289 g/mol. The fourth-order valence-corrected chi connectivity index (χ4v) is 2.18. The van der Waals surface area contributed by atoms with E-state index in [2.05, 4.69) is 10.5 Å². The number of likely N-dealkylation sites (tertiary alicyclic amines) is 1. The second kappa shape index (κ2) is 7.42. The van der Waals surface area contributed by atoms with Crippen molar-refractivity contribution in [2.24, 2.45) is 5.10 Å². The Labute approximate surface area is 123 Å². The van der Waals surface area contributed by atoms with Gasteiger partial charge in [0.15, 0.2) is 0 Å². The summed E-state index contributed by atoms with van der Waals surface area (Å²) in [7, 11) is 1.58. The van der Waals surface area contributed by atoms with E-state index in [9.17, 15) is 9.59 Å². The zero-order valence-electron chi connectivity index (χ0n) is 12.0. The number of hydrazone groups is 1. The summed E-state index contributed by atoms with van der Waals surface area (Å²) in [4.78, 5) is 25.1. The molecular weight excluding hydrogens is 270 g/mol. The van der Waals surface area contributed by atoms with Gasteiger partial charge in [-0.25, -0.2) is 5.43 Å². The summed E-state index contributed by atoms with van der Waals surface area (Å²) in [6.45, 7) is 1.29. The number of piperidine rings is 1. The zero-order valence-corrected chi connectivity index (χ0v) is 12.0. The van der Waals surface area contributed by atoms with Crippen LogP contribution in [0.3, 0.4) is 0 Å². The fourth-order valence-electron chi connectivity index (χ4n) is 2.18. The Kier molecular flexibility index (Phi) is 5.31. The molecular formula is C15H19N3O3. The van der Waals surface area contributed by atoms with Gasteiger partial charge in [-0.2, -0.15) is 5.10 Å². The van der Waals surface area contributed by atoms with Gasteiger partial charge in [0.05, 0.1) is 13.3 Å². The van der Waals surface area contributed by atoms with Crippen LogP contribution in [-0.2, 0) is 9.59 Å². The average Bonchev–Trinajstić information content (AvgIpc) is 2.55. The van der Waals surface area contributed by atoms with E-state index in [1.165, 1.54) is 6.21 Å². The minimum Gasteiger partial charge on any atom is -0.497 e. The molecule has 21 heavy (non-hydrogen) atoms. The van der Waals surface area contributed by atoms with Gasteiger partial charge in [-0.3, -0.25) is 9.59 Å². The van der Waals surface area contributed by atoms with E-state index >= 15 is 0 Å². The predicted molar refractivity (Wildman–Crippen MR) is 79.2 cm³/mol. The van der Waals surface area contributed by atoms with Gasteiger partial charge >= 0.3 is 11.8 Å². The number of nitrogens with one attached hydrogen (secondary N) is 1. The summed E-state index contributed by atoms with van der Waals surface area (Å²) < 4.78 is 5.09. The van der Waals surface area contributed by atoms with Crippen molar-refractivity contribution in [3.8, 4) is 5.75 Å². The lowest BCUT2D eigenvalue weighted by atomic mass is 10.1. The van der Waals surface area contributed by atoms with Crippen LogP contribution in [0.25, 0.3) is 0 Å². The van der Waals surface area contributed by atoms with Crippen molar-refractivity contribution in [3.05, 3.63) is 29.8 Å². The molecule has 1 fully saturated rings. The summed E-state index contributed by atoms with van der Waals surface area (Å²) in [6, 6.07) is 7.24. The molecule has 0 aliphatic carbocycles. The highest BCUT2D eigenvalue weighted by Gasteiger charge is 2.22. The highest BCUT2D eigenvalue weighted by Crippen LogP contribution is 2.11. The quantitative estimate of drug-likeness (QED) is 0.515. The number of hydrogen-bond donors (Lipinski definition) is 1. The number of carbonyl (C=O) groups is 2. The Balaban J connectivity index is 1.87. The number of methoxy groups -OCH3 is 1. The summed E-state index contributed by atoms with van der Waals surface area (Å²) in [6.07, 6.45) is 4.49. The van der Waals surface area contributed by atoms with E-state index in [1.807, 2.05) is 18.2 Å². The molecule has 1 aromatic rings. The first-order valence-corrected chi connectivity index (χ1v) is 6.97. The molecule has 0 saturated carbocycles. The standard InChI is InChI=1S/C15H19N3O3/c1-21-13-7-5-6-12(10-13)11-16-17-14(19)15(20)18-8-3-2-4-9-18/h5-7,10-11H,2-4,8-9H2,1H3,(H,17,19). The van der Waals surface area contributed by atoms with Gasteiger partial charge in [-0.15, -0.1) is 0 Å². The molecule has 2 rings (SSSR count). The van der Waals surface area contributed by atoms with Gasteiger partial charge in [0.25, 0.3) is 0 Å². The van der Waals surface area contributed by atoms with Crippen LogP contribution in [0.15, 0.2) is 29.4 Å². The molecule has 1 aliphatic rings. The molecule has 112 valence electrons. The maximum atomic E-state index is 11.9. The van der Waals surface area contributed by atoms with E-state index < -0.39 is 11.8 Å². The SMILES string of the molecule is COc1cccc(C=NNC(=O)C(=O)N2CCCCC2)c1. The van der Waals surface area contributed by atoms with Crippen molar-refractivity contribution in [2.75, 3.05) is 20.2 Å². The normalized spacial score (nSPS) is 15.0. The maximum Gasteiger partial charge on any atom is 0.329 e. The lowest BCUT2D eigenvalue weighted by Crippen LogP contribution is -2.43. The Morgan fingerprint density at radius 3 is 2.76 bits per heavy atom. The van der Waals surface area contributed by atoms with Gasteiger partial charge in [-0.05, 0) is 37.0 Å². The molecule has 2 amide bonds.